The van der Waals surface area contributed by atoms with Crippen LogP contribution in [0.15, 0.2) is 24.3 Å². The average molecular weight is 258 g/mol. The summed E-state index contributed by atoms with van der Waals surface area (Å²) >= 11 is 5.86. The van der Waals surface area contributed by atoms with Crippen molar-refractivity contribution in [1.29, 1.82) is 0 Å². The highest BCUT2D eigenvalue weighted by atomic mass is 35.5. The summed E-state index contributed by atoms with van der Waals surface area (Å²) in [4.78, 5) is 0. The number of halogens is 1. The van der Waals surface area contributed by atoms with E-state index >= 15 is 0 Å². The molecule has 0 bridgehead atoms. The van der Waals surface area contributed by atoms with Crippen LogP contribution in [0.4, 0.5) is 0 Å². The van der Waals surface area contributed by atoms with Gasteiger partial charge in [-0.05, 0) is 31.5 Å². The van der Waals surface area contributed by atoms with Gasteiger partial charge >= 0.3 is 0 Å². The Morgan fingerprint density at radius 1 is 1.24 bits per heavy atom. The number of ether oxygens (including phenoxy) is 2. The summed E-state index contributed by atoms with van der Waals surface area (Å²) in [5.74, 6) is 0. The number of methoxy groups -OCH3 is 1. The molecule has 0 fully saturated rings. The zero-order valence-corrected chi connectivity index (χ0v) is 11.3. The van der Waals surface area contributed by atoms with Crippen LogP contribution in [-0.2, 0) is 9.47 Å². The van der Waals surface area contributed by atoms with Crippen LogP contribution in [-0.4, -0.2) is 25.9 Å². The molecule has 0 radical (unpaired) electrons. The van der Waals surface area contributed by atoms with Crippen molar-refractivity contribution in [2.75, 3.05) is 13.7 Å². The van der Waals surface area contributed by atoms with Crippen LogP contribution in [0.25, 0.3) is 0 Å². The maximum Gasteiger partial charge on any atom is 0.0977 e. The number of rotatable bonds is 6. The third kappa shape index (κ3) is 4.64. The zero-order chi connectivity index (χ0) is 12.8. The van der Waals surface area contributed by atoms with Gasteiger partial charge in [0.2, 0.25) is 0 Å². The standard InChI is InChI=1S/C13H20ClNO2/c1-9(8-16-3)17-13(10(2)15)11-4-6-12(14)7-5-11/h4-7,9-10,13H,8,15H2,1-3H3. The molecule has 4 heteroatoms. The summed E-state index contributed by atoms with van der Waals surface area (Å²) < 4.78 is 10.9. The molecule has 2 N–H and O–H groups in total. The van der Waals surface area contributed by atoms with Crippen LogP contribution in [0.5, 0.6) is 0 Å². The van der Waals surface area contributed by atoms with Gasteiger partial charge in [0.15, 0.2) is 0 Å². The molecule has 0 aliphatic carbocycles. The monoisotopic (exact) mass is 257 g/mol. The third-order valence-corrected chi connectivity index (χ3v) is 2.71. The summed E-state index contributed by atoms with van der Waals surface area (Å²) in [6.07, 6.45) is -0.135. The average Bonchev–Trinajstić information content (AvgIpc) is 2.27. The molecule has 96 valence electrons. The number of hydrogen-bond donors (Lipinski definition) is 1. The van der Waals surface area contributed by atoms with E-state index in [0.717, 1.165) is 5.56 Å². The number of nitrogens with two attached hydrogens (primary N) is 1. The molecule has 0 saturated heterocycles. The van der Waals surface area contributed by atoms with Crippen molar-refractivity contribution in [2.45, 2.75) is 32.1 Å². The first-order chi connectivity index (χ1) is 8.04. The highest BCUT2D eigenvalue weighted by Crippen LogP contribution is 2.23. The lowest BCUT2D eigenvalue weighted by molar-refractivity contribution is -0.0481. The van der Waals surface area contributed by atoms with Gasteiger partial charge in [-0.3, -0.25) is 0 Å². The van der Waals surface area contributed by atoms with Crippen LogP contribution in [0.2, 0.25) is 5.02 Å². The van der Waals surface area contributed by atoms with Crippen LogP contribution in [0.3, 0.4) is 0 Å². The molecule has 0 aliphatic rings. The van der Waals surface area contributed by atoms with Gasteiger partial charge in [-0.2, -0.15) is 0 Å². The Kier molecular flexibility index (Phi) is 5.92. The largest absolute Gasteiger partial charge is 0.382 e. The molecule has 3 unspecified atom stereocenters. The van der Waals surface area contributed by atoms with E-state index in [2.05, 4.69) is 0 Å². The van der Waals surface area contributed by atoms with Gasteiger partial charge in [0.25, 0.3) is 0 Å². The Morgan fingerprint density at radius 2 is 1.82 bits per heavy atom. The van der Waals surface area contributed by atoms with Crippen molar-refractivity contribution in [1.82, 2.24) is 0 Å². The van der Waals surface area contributed by atoms with Crippen molar-refractivity contribution in [3.05, 3.63) is 34.9 Å². The molecule has 0 heterocycles. The zero-order valence-electron chi connectivity index (χ0n) is 10.5. The van der Waals surface area contributed by atoms with Gasteiger partial charge in [-0.15, -0.1) is 0 Å². The van der Waals surface area contributed by atoms with Crippen LogP contribution in [0, 0.1) is 0 Å². The lowest BCUT2D eigenvalue weighted by atomic mass is 10.0. The SMILES string of the molecule is COCC(C)OC(c1ccc(Cl)cc1)C(C)N. The van der Waals surface area contributed by atoms with Crippen molar-refractivity contribution in [3.8, 4) is 0 Å². The summed E-state index contributed by atoms with van der Waals surface area (Å²) in [5, 5.41) is 0.710. The van der Waals surface area contributed by atoms with Crippen molar-refractivity contribution in [2.24, 2.45) is 5.73 Å². The van der Waals surface area contributed by atoms with E-state index in [1.54, 1.807) is 7.11 Å². The van der Waals surface area contributed by atoms with Crippen molar-refractivity contribution < 1.29 is 9.47 Å². The van der Waals surface area contributed by atoms with Crippen LogP contribution < -0.4 is 5.73 Å². The molecule has 17 heavy (non-hydrogen) atoms. The lowest BCUT2D eigenvalue weighted by Gasteiger charge is -2.25. The second-order valence-electron chi connectivity index (χ2n) is 4.23. The molecule has 1 aromatic rings. The Bertz CT molecular complexity index is 327. The Balaban J connectivity index is 2.75. The van der Waals surface area contributed by atoms with Crippen molar-refractivity contribution >= 4 is 11.6 Å². The molecule has 3 nitrogen and oxygen atoms in total. The smallest absolute Gasteiger partial charge is 0.0977 e. The van der Waals surface area contributed by atoms with E-state index < -0.39 is 0 Å². The fourth-order valence-corrected chi connectivity index (χ4v) is 1.81. The van der Waals surface area contributed by atoms with Gasteiger partial charge in [0.1, 0.15) is 0 Å². The maximum absolute atomic E-state index is 5.95. The minimum atomic E-state index is -0.141. The van der Waals surface area contributed by atoms with E-state index in [9.17, 15) is 0 Å². The lowest BCUT2D eigenvalue weighted by Crippen LogP contribution is -2.31. The minimum Gasteiger partial charge on any atom is -0.382 e. The first-order valence-electron chi connectivity index (χ1n) is 5.70. The predicted molar refractivity (Wildman–Crippen MR) is 70.3 cm³/mol. The summed E-state index contributed by atoms with van der Waals surface area (Å²) in [6, 6.07) is 7.48. The van der Waals surface area contributed by atoms with Gasteiger partial charge in [0, 0.05) is 18.2 Å². The molecule has 0 saturated carbocycles. The highest BCUT2D eigenvalue weighted by molar-refractivity contribution is 6.30. The number of benzene rings is 1. The quantitative estimate of drug-likeness (QED) is 0.852. The normalized spacial score (nSPS) is 16.5. The van der Waals surface area contributed by atoms with Crippen LogP contribution in [0.1, 0.15) is 25.5 Å². The molecule has 0 aromatic heterocycles. The van der Waals surface area contributed by atoms with Gasteiger partial charge in [0.05, 0.1) is 18.8 Å². The fourth-order valence-electron chi connectivity index (χ4n) is 1.68. The summed E-state index contributed by atoms with van der Waals surface area (Å²) in [5.41, 5.74) is 6.99. The Hall–Kier alpha value is -0.610. The van der Waals surface area contributed by atoms with E-state index in [1.807, 2.05) is 38.1 Å². The van der Waals surface area contributed by atoms with Gasteiger partial charge in [-0.1, -0.05) is 23.7 Å². The Labute approximate surface area is 108 Å². The number of hydrogen-bond acceptors (Lipinski definition) is 3. The van der Waals surface area contributed by atoms with E-state index in [1.165, 1.54) is 0 Å². The second-order valence-corrected chi connectivity index (χ2v) is 4.67. The Morgan fingerprint density at radius 3 is 2.29 bits per heavy atom. The first-order valence-corrected chi connectivity index (χ1v) is 6.07. The van der Waals surface area contributed by atoms with Crippen LogP contribution >= 0.6 is 11.6 Å². The summed E-state index contributed by atoms with van der Waals surface area (Å²) in [6.45, 7) is 4.45. The third-order valence-electron chi connectivity index (χ3n) is 2.46. The molecule has 0 amide bonds. The molecule has 1 aromatic carbocycles. The maximum atomic E-state index is 5.95. The molecule has 3 atom stereocenters. The van der Waals surface area contributed by atoms with E-state index in [-0.39, 0.29) is 18.2 Å². The molecular weight excluding hydrogens is 238 g/mol. The first kappa shape index (κ1) is 14.5. The molecule has 0 aliphatic heterocycles. The van der Waals surface area contributed by atoms with E-state index in [4.69, 9.17) is 26.8 Å². The molecule has 0 spiro atoms. The topological polar surface area (TPSA) is 44.5 Å². The minimum absolute atomic E-state index is 0.00618. The predicted octanol–water partition coefficient (Wildman–Crippen LogP) is 2.78. The van der Waals surface area contributed by atoms with E-state index in [0.29, 0.717) is 11.6 Å². The summed E-state index contributed by atoms with van der Waals surface area (Å²) in [7, 11) is 1.66. The van der Waals surface area contributed by atoms with Crippen molar-refractivity contribution in [3.63, 3.8) is 0 Å². The second kappa shape index (κ2) is 6.97. The van der Waals surface area contributed by atoms with Gasteiger partial charge in [-0.25, -0.2) is 0 Å². The molecular formula is C13H20ClNO2. The van der Waals surface area contributed by atoms with Gasteiger partial charge < -0.3 is 15.2 Å². The fraction of sp³-hybridized carbons (Fsp3) is 0.538. The molecule has 1 rings (SSSR count). The highest BCUT2D eigenvalue weighted by Gasteiger charge is 2.19.